The first-order valence-corrected chi connectivity index (χ1v) is 11.2. The molecule has 1 atom stereocenters. The second-order valence-electron chi connectivity index (χ2n) is 8.32. The van der Waals surface area contributed by atoms with Gasteiger partial charge in [-0.15, -0.1) is 0 Å². The number of hydrogen-bond donors (Lipinski definition) is 2. The fraction of sp³-hybridized carbons (Fsp3) is 0.143. The third-order valence-electron chi connectivity index (χ3n) is 6.21. The lowest BCUT2D eigenvalue weighted by atomic mass is 9.98. The third kappa shape index (κ3) is 4.30. The van der Waals surface area contributed by atoms with Gasteiger partial charge in [0.05, 0.1) is 0 Å². The van der Waals surface area contributed by atoms with Gasteiger partial charge in [-0.3, -0.25) is 0 Å². The molecule has 2 N–H and O–H groups in total. The van der Waals surface area contributed by atoms with Crippen molar-refractivity contribution in [3.63, 3.8) is 0 Å². The van der Waals surface area contributed by atoms with Crippen molar-refractivity contribution in [2.75, 3.05) is 6.61 Å². The molecule has 1 aliphatic rings. The van der Waals surface area contributed by atoms with Crippen LogP contribution in [0.4, 0.5) is 4.79 Å². The summed E-state index contributed by atoms with van der Waals surface area (Å²) >= 11 is 0. The van der Waals surface area contributed by atoms with Gasteiger partial charge < -0.3 is 19.7 Å². The Morgan fingerprint density at radius 3 is 2.03 bits per heavy atom. The van der Waals surface area contributed by atoms with E-state index in [1.807, 2.05) is 89.8 Å². The predicted octanol–water partition coefficient (Wildman–Crippen LogP) is 5.01. The lowest BCUT2D eigenvalue weighted by Gasteiger charge is -2.17. The van der Waals surface area contributed by atoms with Gasteiger partial charge in [-0.05, 0) is 52.1 Å². The molecule has 0 bridgehead atoms. The molecule has 3 aromatic carbocycles. The highest BCUT2D eigenvalue weighted by Gasteiger charge is 2.29. The smallest absolute Gasteiger partial charge is 0.407 e. The summed E-state index contributed by atoms with van der Waals surface area (Å²) in [5.41, 5.74) is 6.27. The Balaban J connectivity index is 1.23. The summed E-state index contributed by atoms with van der Waals surface area (Å²) in [6, 6.07) is 26.5. The summed E-state index contributed by atoms with van der Waals surface area (Å²) in [5.74, 6) is -1.19. The summed E-state index contributed by atoms with van der Waals surface area (Å²) in [4.78, 5) is 24.3. The highest BCUT2D eigenvalue weighted by Crippen LogP contribution is 2.44. The molecule has 34 heavy (non-hydrogen) atoms. The molecule has 0 saturated heterocycles. The minimum Gasteiger partial charge on any atom is -0.480 e. The number of aromatic nitrogens is 1. The minimum absolute atomic E-state index is 0.0809. The van der Waals surface area contributed by atoms with Gasteiger partial charge in [0.2, 0.25) is 0 Å². The Hall–Kier alpha value is -4.32. The molecule has 1 amide bonds. The van der Waals surface area contributed by atoms with Gasteiger partial charge in [-0.2, -0.15) is 0 Å². The van der Waals surface area contributed by atoms with Crippen molar-refractivity contribution in [3.8, 4) is 16.8 Å². The molecule has 1 heterocycles. The van der Waals surface area contributed by atoms with Crippen LogP contribution < -0.4 is 5.32 Å². The van der Waals surface area contributed by atoms with Crippen LogP contribution in [0.2, 0.25) is 0 Å². The average molecular weight is 453 g/mol. The molecule has 1 unspecified atom stereocenters. The second-order valence-corrected chi connectivity index (χ2v) is 8.32. The number of carboxylic acids is 1. The van der Waals surface area contributed by atoms with Crippen molar-refractivity contribution in [1.29, 1.82) is 0 Å². The van der Waals surface area contributed by atoms with Gasteiger partial charge in [-0.25, -0.2) is 9.59 Å². The van der Waals surface area contributed by atoms with E-state index < -0.39 is 18.1 Å². The van der Waals surface area contributed by atoms with Crippen LogP contribution in [-0.2, 0) is 16.0 Å². The number of carbonyl (C=O) groups excluding carboxylic acids is 1. The Bertz CT molecular complexity index is 1270. The van der Waals surface area contributed by atoms with E-state index in [0.29, 0.717) is 0 Å². The van der Waals surface area contributed by atoms with Crippen molar-refractivity contribution in [2.24, 2.45) is 0 Å². The van der Waals surface area contributed by atoms with E-state index in [0.717, 1.165) is 33.5 Å². The number of carbonyl (C=O) groups is 2. The maximum Gasteiger partial charge on any atom is 0.407 e. The lowest BCUT2D eigenvalue weighted by Crippen LogP contribution is -2.42. The largest absolute Gasteiger partial charge is 0.480 e. The van der Waals surface area contributed by atoms with Gasteiger partial charge in [0.1, 0.15) is 12.6 Å². The molecule has 0 radical (unpaired) electrons. The maximum atomic E-state index is 12.5. The topological polar surface area (TPSA) is 80.6 Å². The van der Waals surface area contributed by atoms with Crippen LogP contribution in [0.3, 0.4) is 0 Å². The number of alkyl carbamates (subject to hydrolysis) is 1. The van der Waals surface area contributed by atoms with E-state index in [4.69, 9.17) is 4.74 Å². The highest BCUT2D eigenvalue weighted by molar-refractivity contribution is 5.81. The number of carboxylic acid groups (broad SMARTS) is 1. The normalized spacial score (nSPS) is 13.1. The SMILES string of the molecule is O=C(NC(Cc1ccc(-n2cccc2)cc1)C(=O)O)OCC1c2ccccc2-c2ccccc21. The van der Waals surface area contributed by atoms with Crippen molar-refractivity contribution in [3.05, 3.63) is 114 Å². The molecule has 0 aliphatic heterocycles. The first kappa shape index (κ1) is 21.5. The summed E-state index contributed by atoms with van der Waals surface area (Å²) in [5, 5.41) is 12.2. The van der Waals surface area contributed by atoms with Gasteiger partial charge in [-0.1, -0.05) is 60.7 Å². The summed E-state index contributed by atoms with van der Waals surface area (Å²) in [7, 11) is 0. The zero-order valence-electron chi connectivity index (χ0n) is 18.4. The molecule has 0 fully saturated rings. The van der Waals surface area contributed by atoms with E-state index in [-0.39, 0.29) is 18.9 Å². The van der Waals surface area contributed by atoms with Gasteiger partial charge >= 0.3 is 12.1 Å². The average Bonchev–Trinajstić information content (AvgIpc) is 3.50. The van der Waals surface area contributed by atoms with E-state index in [9.17, 15) is 14.7 Å². The van der Waals surface area contributed by atoms with Crippen LogP contribution in [0.15, 0.2) is 97.3 Å². The number of ether oxygens (including phenoxy) is 1. The van der Waals surface area contributed by atoms with Crippen LogP contribution in [0.1, 0.15) is 22.6 Å². The molecule has 6 nitrogen and oxygen atoms in total. The van der Waals surface area contributed by atoms with E-state index in [2.05, 4.69) is 17.4 Å². The molecular formula is C28H24N2O4. The van der Waals surface area contributed by atoms with Crippen molar-refractivity contribution >= 4 is 12.1 Å². The third-order valence-corrected chi connectivity index (χ3v) is 6.21. The zero-order chi connectivity index (χ0) is 23.5. The van der Waals surface area contributed by atoms with Crippen molar-refractivity contribution < 1.29 is 19.4 Å². The molecule has 170 valence electrons. The van der Waals surface area contributed by atoms with E-state index in [1.165, 1.54) is 0 Å². The monoisotopic (exact) mass is 452 g/mol. The Labute approximate surface area is 197 Å². The first-order chi connectivity index (χ1) is 16.6. The first-order valence-electron chi connectivity index (χ1n) is 11.2. The number of nitrogens with one attached hydrogen (secondary N) is 1. The number of aliphatic carboxylic acids is 1. The van der Waals surface area contributed by atoms with Gasteiger partial charge in [0, 0.05) is 30.4 Å². The number of nitrogens with zero attached hydrogens (tertiary/aromatic N) is 1. The van der Waals surface area contributed by atoms with Crippen LogP contribution in [0.5, 0.6) is 0 Å². The molecule has 0 saturated carbocycles. The Morgan fingerprint density at radius 1 is 0.853 bits per heavy atom. The number of amides is 1. The molecule has 5 rings (SSSR count). The zero-order valence-corrected chi connectivity index (χ0v) is 18.4. The fourth-order valence-electron chi connectivity index (χ4n) is 4.53. The highest BCUT2D eigenvalue weighted by atomic mass is 16.5. The van der Waals surface area contributed by atoms with Crippen LogP contribution in [-0.4, -0.2) is 34.4 Å². The Morgan fingerprint density at radius 2 is 1.44 bits per heavy atom. The fourth-order valence-corrected chi connectivity index (χ4v) is 4.53. The number of fused-ring (bicyclic) bond motifs is 3. The molecule has 1 aromatic heterocycles. The quantitative estimate of drug-likeness (QED) is 0.413. The van der Waals surface area contributed by atoms with Crippen molar-refractivity contribution in [2.45, 2.75) is 18.4 Å². The molecule has 1 aliphatic carbocycles. The number of hydrogen-bond acceptors (Lipinski definition) is 3. The summed E-state index contributed by atoms with van der Waals surface area (Å²) in [6.07, 6.45) is 3.30. The Kier molecular flexibility index (Phi) is 5.87. The summed E-state index contributed by atoms with van der Waals surface area (Å²) in [6.45, 7) is 0.137. The molecule has 4 aromatic rings. The van der Waals surface area contributed by atoms with E-state index in [1.54, 1.807) is 0 Å². The summed E-state index contributed by atoms with van der Waals surface area (Å²) < 4.78 is 7.48. The van der Waals surface area contributed by atoms with Crippen LogP contribution >= 0.6 is 0 Å². The van der Waals surface area contributed by atoms with Crippen LogP contribution in [0.25, 0.3) is 16.8 Å². The number of benzene rings is 3. The van der Waals surface area contributed by atoms with Gasteiger partial charge in [0.15, 0.2) is 0 Å². The molecular weight excluding hydrogens is 428 g/mol. The standard InChI is InChI=1S/C28H24N2O4/c31-27(32)26(17-19-11-13-20(14-12-19)30-15-5-6-16-30)29-28(33)34-18-25-23-9-3-1-7-21(23)22-8-2-4-10-24(22)25/h1-16,25-26H,17-18H2,(H,29,33)(H,31,32). The lowest BCUT2D eigenvalue weighted by molar-refractivity contribution is -0.139. The minimum atomic E-state index is -1.11. The van der Waals surface area contributed by atoms with Gasteiger partial charge in [0.25, 0.3) is 0 Å². The maximum absolute atomic E-state index is 12.5. The second kappa shape index (κ2) is 9.27. The van der Waals surface area contributed by atoms with Crippen LogP contribution in [0, 0.1) is 0 Å². The molecule has 0 spiro atoms. The predicted molar refractivity (Wildman–Crippen MR) is 129 cm³/mol. The molecule has 6 heteroatoms. The number of rotatable bonds is 7. The van der Waals surface area contributed by atoms with Crippen molar-refractivity contribution in [1.82, 2.24) is 9.88 Å². The van der Waals surface area contributed by atoms with E-state index >= 15 is 0 Å².